The molecule has 0 amide bonds. The van der Waals surface area contributed by atoms with Crippen molar-refractivity contribution in [2.45, 2.75) is 26.7 Å². The Bertz CT molecular complexity index is 151. The van der Waals surface area contributed by atoms with Crippen LogP contribution in [0, 0.1) is 11.8 Å². The zero-order chi connectivity index (χ0) is 9.14. The summed E-state index contributed by atoms with van der Waals surface area (Å²) in [6, 6.07) is 0. The van der Waals surface area contributed by atoms with Gasteiger partial charge in [0.05, 0.1) is 0 Å². The number of carbonyl (C=O) groups is 1. The largest absolute Gasteiger partial charge is 0.305 e. The van der Waals surface area contributed by atoms with Crippen molar-refractivity contribution in [1.82, 2.24) is 4.90 Å². The lowest BCUT2D eigenvalue weighted by Crippen LogP contribution is -2.39. The molecule has 0 spiro atoms. The first-order valence-corrected chi connectivity index (χ1v) is 4.99. The highest BCUT2D eigenvalue weighted by Gasteiger charge is 2.39. The SMILES string of the molecule is CC.CN1CC2CCC(C1)C2=O. The molecule has 0 aromatic carbocycles. The Morgan fingerprint density at radius 3 is 2.00 bits per heavy atom. The minimum absolute atomic E-state index is 0.392. The van der Waals surface area contributed by atoms with Crippen LogP contribution in [0.15, 0.2) is 0 Å². The molecule has 2 heteroatoms. The van der Waals surface area contributed by atoms with Crippen molar-refractivity contribution in [1.29, 1.82) is 0 Å². The third-order valence-corrected chi connectivity index (χ3v) is 2.73. The minimum atomic E-state index is 0.392. The number of hydrogen-bond donors (Lipinski definition) is 0. The maximum absolute atomic E-state index is 11.3. The number of hydrogen-bond acceptors (Lipinski definition) is 2. The van der Waals surface area contributed by atoms with E-state index in [2.05, 4.69) is 11.9 Å². The van der Waals surface area contributed by atoms with E-state index in [1.54, 1.807) is 0 Å². The summed E-state index contributed by atoms with van der Waals surface area (Å²) in [7, 11) is 2.11. The van der Waals surface area contributed by atoms with Gasteiger partial charge in [0.25, 0.3) is 0 Å². The number of Topliss-reactive ketones (excluding diaryl/α,β-unsaturated/α-hetero) is 1. The topological polar surface area (TPSA) is 20.3 Å². The van der Waals surface area contributed by atoms with Crippen molar-refractivity contribution < 1.29 is 4.79 Å². The number of carbonyl (C=O) groups excluding carboxylic acids is 1. The predicted molar refractivity (Wildman–Crippen MR) is 50.1 cm³/mol. The van der Waals surface area contributed by atoms with E-state index in [0.29, 0.717) is 17.6 Å². The Morgan fingerprint density at radius 1 is 1.17 bits per heavy atom. The molecule has 1 saturated heterocycles. The fraction of sp³-hybridized carbons (Fsp3) is 0.900. The van der Waals surface area contributed by atoms with Crippen LogP contribution in [-0.4, -0.2) is 30.8 Å². The Balaban J connectivity index is 0.000000336. The number of likely N-dealkylation sites (tertiary alicyclic amines) is 1. The van der Waals surface area contributed by atoms with Gasteiger partial charge in [-0.15, -0.1) is 0 Å². The van der Waals surface area contributed by atoms with Gasteiger partial charge >= 0.3 is 0 Å². The molecule has 2 aliphatic rings. The molecule has 1 heterocycles. The van der Waals surface area contributed by atoms with Gasteiger partial charge in [0, 0.05) is 24.9 Å². The van der Waals surface area contributed by atoms with Crippen molar-refractivity contribution in [3.05, 3.63) is 0 Å². The van der Waals surface area contributed by atoms with Gasteiger partial charge in [-0.3, -0.25) is 4.79 Å². The molecule has 2 fully saturated rings. The second-order valence-electron chi connectivity index (χ2n) is 3.59. The maximum Gasteiger partial charge on any atom is 0.141 e. The lowest BCUT2D eigenvalue weighted by Gasteiger charge is -2.26. The molecule has 2 nitrogen and oxygen atoms in total. The standard InChI is InChI=1S/C8H13NO.C2H6/c1-9-4-6-2-3-7(5-9)8(6)10;1-2/h6-7H,2-5H2,1H3;1-2H3. The van der Waals surface area contributed by atoms with Gasteiger partial charge in [0.1, 0.15) is 5.78 Å². The van der Waals surface area contributed by atoms with Crippen LogP contribution in [0.3, 0.4) is 0 Å². The van der Waals surface area contributed by atoms with E-state index in [0.717, 1.165) is 25.9 Å². The van der Waals surface area contributed by atoms with E-state index in [-0.39, 0.29) is 0 Å². The van der Waals surface area contributed by atoms with E-state index in [1.807, 2.05) is 13.8 Å². The van der Waals surface area contributed by atoms with E-state index >= 15 is 0 Å². The van der Waals surface area contributed by atoms with Crippen LogP contribution in [-0.2, 0) is 4.79 Å². The summed E-state index contributed by atoms with van der Waals surface area (Å²) >= 11 is 0. The third-order valence-electron chi connectivity index (χ3n) is 2.73. The molecule has 70 valence electrons. The highest BCUT2D eigenvalue weighted by Crippen LogP contribution is 2.32. The monoisotopic (exact) mass is 169 g/mol. The summed E-state index contributed by atoms with van der Waals surface area (Å²) < 4.78 is 0. The van der Waals surface area contributed by atoms with Crippen LogP contribution >= 0.6 is 0 Å². The summed E-state index contributed by atoms with van der Waals surface area (Å²) in [5.74, 6) is 1.32. The fourth-order valence-corrected chi connectivity index (χ4v) is 2.21. The summed E-state index contributed by atoms with van der Waals surface area (Å²) in [4.78, 5) is 13.6. The van der Waals surface area contributed by atoms with Crippen molar-refractivity contribution >= 4 is 5.78 Å². The zero-order valence-electron chi connectivity index (χ0n) is 8.34. The highest BCUT2D eigenvalue weighted by atomic mass is 16.1. The van der Waals surface area contributed by atoms with Crippen LogP contribution in [0.1, 0.15) is 26.7 Å². The van der Waals surface area contributed by atoms with Gasteiger partial charge in [-0.05, 0) is 19.9 Å². The van der Waals surface area contributed by atoms with Crippen LogP contribution < -0.4 is 0 Å². The minimum Gasteiger partial charge on any atom is -0.305 e. The molecule has 1 saturated carbocycles. The van der Waals surface area contributed by atoms with Gasteiger partial charge in [-0.25, -0.2) is 0 Å². The molecule has 2 atom stereocenters. The van der Waals surface area contributed by atoms with E-state index in [9.17, 15) is 4.79 Å². The summed E-state index contributed by atoms with van der Waals surface area (Å²) in [6.45, 7) is 6.02. The van der Waals surface area contributed by atoms with Crippen molar-refractivity contribution in [3.8, 4) is 0 Å². The molecular formula is C10H19NO. The van der Waals surface area contributed by atoms with E-state index in [4.69, 9.17) is 0 Å². The quantitative estimate of drug-likeness (QED) is 0.548. The molecule has 0 aromatic rings. The predicted octanol–water partition coefficient (Wildman–Crippen LogP) is 1.55. The third kappa shape index (κ3) is 1.69. The van der Waals surface area contributed by atoms with Gasteiger partial charge in [-0.1, -0.05) is 13.8 Å². The lowest BCUT2D eigenvalue weighted by atomic mass is 9.98. The molecule has 2 rings (SSSR count). The highest BCUT2D eigenvalue weighted by molar-refractivity contribution is 5.86. The van der Waals surface area contributed by atoms with Gasteiger partial charge in [0.2, 0.25) is 0 Å². The van der Waals surface area contributed by atoms with Crippen LogP contribution in [0.2, 0.25) is 0 Å². The second kappa shape index (κ2) is 4.04. The van der Waals surface area contributed by atoms with Gasteiger partial charge in [-0.2, -0.15) is 0 Å². The molecule has 1 aliphatic carbocycles. The van der Waals surface area contributed by atoms with Crippen molar-refractivity contribution in [2.24, 2.45) is 11.8 Å². The van der Waals surface area contributed by atoms with E-state index < -0.39 is 0 Å². The molecule has 12 heavy (non-hydrogen) atoms. The lowest BCUT2D eigenvalue weighted by molar-refractivity contribution is -0.127. The number of piperidine rings is 1. The smallest absolute Gasteiger partial charge is 0.141 e. The van der Waals surface area contributed by atoms with Crippen molar-refractivity contribution in [2.75, 3.05) is 20.1 Å². The van der Waals surface area contributed by atoms with Crippen LogP contribution in [0.5, 0.6) is 0 Å². The van der Waals surface area contributed by atoms with E-state index in [1.165, 1.54) is 0 Å². The Hall–Kier alpha value is -0.370. The Labute approximate surface area is 74.9 Å². The normalized spacial score (nSPS) is 34.4. The Morgan fingerprint density at radius 2 is 1.58 bits per heavy atom. The summed E-state index contributed by atoms with van der Waals surface area (Å²) in [5.41, 5.74) is 0. The number of ketones is 1. The maximum atomic E-state index is 11.3. The first-order chi connectivity index (χ1) is 5.77. The molecule has 0 radical (unpaired) electrons. The van der Waals surface area contributed by atoms with Crippen LogP contribution in [0.25, 0.3) is 0 Å². The van der Waals surface area contributed by atoms with Gasteiger partial charge < -0.3 is 4.90 Å². The average molecular weight is 169 g/mol. The Kier molecular flexibility index (Phi) is 3.27. The zero-order valence-corrected chi connectivity index (χ0v) is 8.34. The molecule has 1 aliphatic heterocycles. The molecule has 2 unspecified atom stereocenters. The van der Waals surface area contributed by atoms with Crippen molar-refractivity contribution in [3.63, 3.8) is 0 Å². The molecular weight excluding hydrogens is 150 g/mol. The van der Waals surface area contributed by atoms with Crippen LogP contribution in [0.4, 0.5) is 0 Å². The molecule has 2 bridgehead atoms. The average Bonchev–Trinajstić information content (AvgIpc) is 2.35. The first kappa shape index (κ1) is 9.72. The summed E-state index contributed by atoms with van der Waals surface area (Å²) in [6.07, 6.45) is 2.29. The number of rotatable bonds is 0. The number of nitrogens with zero attached hydrogens (tertiary/aromatic N) is 1. The molecule has 0 N–H and O–H groups in total. The molecule has 0 aromatic heterocycles. The summed E-state index contributed by atoms with van der Waals surface area (Å²) in [5, 5.41) is 0. The van der Waals surface area contributed by atoms with Gasteiger partial charge in [0.15, 0.2) is 0 Å². The second-order valence-corrected chi connectivity index (χ2v) is 3.59. The first-order valence-electron chi connectivity index (χ1n) is 4.99. The number of fused-ring (bicyclic) bond motifs is 2. The fourth-order valence-electron chi connectivity index (χ4n) is 2.21.